The minimum atomic E-state index is -0.164. The van der Waals surface area contributed by atoms with Crippen molar-refractivity contribution in [2.24, 2.45) is 0 Å². The molecule has 5 nitrogen and oxygen atoms in total. The molecular weight excluding hydrogens is 168 g/mol. The Balaban J connectivity index is 0.000000132. The first-order chi connectivity index (χ1) is 6.39. The summed E-state index contributed by atoms with van der Waals surface area (Å²) in [6.45, 7) is 0. The van der Waals surface area contributed by atoms with Crippen molar-refractivity contribution in [1.82, 2.24) is 20.4 Å². The number of aromatic nitrogens is 4. The van der Waals surface area contributed by atoms with Crippen molar-refractivity contribution in [3.8, 4) is 0 Å². The van der Waals surface area contributed by atoms with Crippen LogP contribution in [0.1, 0.15) is 0 Å². The van der Waals surface area contributed by atoms with E-state index in [1.165, 1.54) is 12.3 Å². The lowest BCUT2D eigenvalue weighted by atomic mass is 10.6. The molecule has 0 aromatic carbocycles. The first-order valence-corrected chi connectivity index (χ1v) is 3.61. The number of hydrogen-bond acceptors (Lipinski definition) is 4. The number of rotatable bonds is 0. The maximum absolute atomic E-state index is 10.2. The second-order valence-electron chi connectivity index (χ2n) is 2.03. The van der Waals surface area contributed by atoms with Gasteiger partial charge in [0.25, 0.3) is 5.56 Å². The zero-order valence-electron chi connectivity index (χ0n) is 6.79. The van der Waals surface area contributed by atoms with Gasteiger partial charge in [0.05, 0.1) is 0 Å². The van der Waals surface area contributed by atoms with Gasteiger partial charge in [0, 0.05) is 24.7 Å². The predicted molar refractivity (Wildman–Crippen MR) is 46.9 cm³/mol. The van der Waals surface area contributed by atoms with Crippen LogP contribution in [0.3, 0.4) is 0 Å². The maximum Gasteiger partial charge on any atom is 0.264 e. The highest BCUT2D eigenvalue weighted by Crippen LogP contribution is 1.68. The van der Waals surface area contributed by atoms with Crippen LogP contribution in [0.15, 0.2) is 47.7 Å². The number of H-pyrrole nitrogens is 1. The molecule has 0 unspecified atom stereocenters. The van der Waals surface area contributed by atoms with Crippen molar-refractivity contribution in [3.63, 3.8) is 0 Å². The van der Waals surface area contributed by atoms with E-state index < -0.39 is 0 Å². The van der Waals surface area contributed by atoms with Gasteiger partial charge >= 0.3 is 0 Å². The van der Waals surface area contributed by atoms with Crippen molar-refractivity contribution in [3.05, 3.63) is 53.2 Å². The van der Waals surface area contributed by atoms with Crippen LogP contribution < -0.4 is 5.56 Å². The average molecular weight is 176 g/mol. The van der Waals surface area contributed by atoms with E-state index in [1.807, 2.05) is 12.1 Å². The predicted octanol–water partition coefficient (Wildman–Crippen LogP) is 0.246. The summed E-state index contributed by atoms with van der Waals surface area (Å²) in [5.74, 6) is 0. The number of hydrogen-bond donors (Lipinski definition) is 1. The van der Waals surface area contributed by atoms with Gasteiger partial charge in [-0.3, -0.25) is 4.79 Å². The average Bonchev–Trinajstić information content (AvgIpc) is 2.22. The lowest BCUT2D eigenvalue weighted by Gasteiger charge is -1.72. The Morgan fingerprint density at radius 3 is 1.92 bits per heavy atom. The van der Waals surface area contributed by atoms with Gasteiger partial charge in [0.2, 0.25) is 0 Å². The minimum Gasteiger partial charge on any atom is -0.268 e. The van der Waals surface area contributed by atoms with E-state index in [4.69, 9.17) is 0 Å². The summed E-state index contributed by atoms with van der Waals surface area (Å²) >= 11 is 0. The van der Waals surface area contributed by atoms with E-state index in [1.54, 1.807) is 18.5 Å². The fourth-order valence-electron chi connectivity index (χ4n) is 0.565. The highest BCUT2D eigenvalue weighted by atomic mass is 16.1. The molecule has 0 saturated carbocycles. The molecule has 0 spiro atoms. The molecule has 0 aliphatic carbocycles. The molecule has 0 atom stereocenters. The van der Waals surface area contributed by atoms with Crippen LogP contribution in [0, 0.1) is 0 Å². The number of nitrogens with zero attached hydrogens (tertiary/aromatic N) is 3. The summed E-state index contributed by atoms with van der Waals surface area (Å²) in [6, 6.07) is 6.64. The van der Waals surface area contributed by atoms with Crippen LogP contribution in [0.2, 0.25) is 0 Å². The molecule has 0 fully saturated rings. The van der Waals surface area contributed by atoms with Crippen molar-refractivity contribution in [2.75, 3.05) is 0 Å². The molecule has 0 amide bonds. The summed E-state index contributed by atoms with van der Waals surface area (Å²) in [6.07, 6.45) is 4.79. The van der Waals surface area contributed by atoms with Crippen LogP contribution in [-0.4, -0.2) is 20.4 Å². The summed E-state index contributed by atoms with van der Waals surface area (Å²) < 4.78 is 0. The Bertz CT molecular complexity index is 329. The first-order valence-electron chi connectivity index (χ1n) is 3.61. The van der Waals surface area contributed by atoms with E-state index >= 15 is 0 Å². The van der Waals surface area contributed by atoms with Crippen LogP contribution in [0.25, 0.3) is 0 Å². The fraction of sp³-hybridized carbons (Fsp3) is 0. The Kier molecular flexibility index (Phi) is 3.89. The number of nitrogens with one attached hydrogen (secondary N) is 1. The summed E-state index contributed by atoms with van der Waals surface area (Å²) in [5, 5.41) is 12.7. The van der Waals surface area contributed by atoms with Gasteiger partial charge in [-0.2, -0.15) is 15.3 Å². The lowest BCUT2D eigenvalue weighted by molar-refractivity contribution is 0.988. The zero-order chi connectivity index (χ0) is 9.36. The fourth-order valence-corrected chi connectivity index (χ4v) is 0.565. The summed E-state index contributed by atoms with van der Waals surface area (Å²) in [4.78, 5) is 10.2. The Morgan fingerprint density at radius 1 is 1.00 bits per heavy atom. The molecule has 2 aromatic rings. The van der Waals surface area contributed by atoms with Crippen molar-refractivity contribution >= 4 is 0 Å². The van der Waals surface area contributed by atoms with Crippen LogP contribution in [0.4, 0.5) is 0 Å². The van der Waals surface area contributed by atoms with Gasteiger partial charge in [-0.25, -0.2) is 5.10 Å². The van der Waals surface area contributed by atoms with E-state index in [2.05, 4.69) is 20.4 Å². The molecule has 13 heavy (non-hydrogen) atoms. The quantitative estimate of drug-likeness (QED) is 0.624. The summed E-state index contributed by atoms with van der Waals surface area (Å²) in [7, 11) is 0. The molecule has 0 aliphatic heterocycles. The van der Waals surface area contributed by atoms with E-state index in [-0.39, 0.29) is 5.56 Å². The van der Waals surface area contributed by atoms with Gasteiger partial charge in [-0.15, -0.1) is 0 Å². The van der Waals surface area contributed by atoms with Gasteiger partial charge in [-0.05, 0) is 18.2 Å². The van der Waals surface area contributed by atoms with E-state index in [9.17, 15) is 4.79 Å². The molecule has 0 saturated heterocycles. The molecule has 0 radical (unpaired) electrons. The SMILES string of the molecule is O=c1cccn[nH]1.c1ccnnc1. The van der Waals surface area contributed by atoms with E-state index in [0.717, 1.165) is 0 Å². The molecule has 2 rings (SSSR count). The van der Waals surface area contributed by atoms with Crippen LogP contribution in [0.5, 0.6) is 0 Å². The second-order valence-corrected chi connectivity index (χ2v) is 2.03. The van der Waals surface area contributed by atoms with Crippen LogP contribution in [-0.2, 0) is 0 Å². The van der Waals surface area contributed by atoms with Gasteiger partial charge in [0.1, 0.15) is 0 Å². The normalized spacial score (nSPS) is 8.31. The largest absolute Gasteiger partial charge is 0.268 e. The Labute approximate surface area is 74.5 Å². The maximum atomic E-state index is 10.2. The second kappa shape index (κ2) is 5.59. The monoisotopic (exact) mass is 176 g/mol. The molecule has 2 aromatic heterocycles. The Hall–Kier alpha value is -2.04. The molecule has 1 N–H and O–H groups in total. The standard InChI is InChI=1S/C4H4N2O.C4H4N2/c7-4-2-1-3-5-6-4;1-2-4-6-5-3-1/h1-3H,(H,6,7);1-4H. The smallest absolute Gasteiger partial charge is 0.264 e. The molecular formula is C8H8N4O. The molecule has 0 aliphatic rings. The molecule has 2 heterocycles. The van der Waals surface area contributed by atoms with Crippen molar-refractivity contribution < 1.29 is 0 Å². The molecule has 5 heteroatoms. The summed E-state index contributed by atoms with van der Waals surface area (Å²) in [5.41, 5.74) is -0.164. The van der Waals surface area contributed by atoms with E-state index in [0.29, 0.717) is 0 Å². The highest BCUT2D eigenvalue weighted by molar-refractivity contribution is 4.81. The number of aromatic amines is 1. The lowest BCUT2D eigenvalue weighted by Crippen LogP contribution is -2.02. The topological polar surface area (TPSA) is 71.5 Å². The minimum absolute atomic E-state index is 0.164. The van der Waals surface area contributed by atoms with Crippen molar-refractivity contribution in [2.45, 2.75) is 0 Å². The third-order valence-corrected chi connectivity index (χ3v) is 1.07. The van der Waals surface area contributed by atoms with Gasteiger partial charge in [-0.1, -0.05) is 0 Å². The van der Waals surface area contributed by atoms with Gasteiger partial charge in [0.15, 0.2) is 0 Å². The molecule has 0 bridgehead atoms. The molecule has 66 valence electrons. The first kappa shape index (κ1) is 9.05. The zero-order valence-corrected chi connectivity index (χ0v) is 6.79. The third-order valence-electron chi connectivity index (χ3n) is 1.07. The highest BCUT2D eigenvalue weighted by Gasteiger charge is 1.70. The van der Waals surface area contributed by atoms with Crippen molar-refractivity contribution in [1.29, 1.82) is 0 Å². The Morgan fingerprint density at radius 2 is 1.69 bits per heavy atom. The van der Waals surface area contributed by atoms with Gasteiger partial charge < -0.3 is 0 Å². The van der Waals surface area contributed by atoms with Crippen LogP contribution >= 0.6 is 0 Å². The third kappa shape index (κ3) is 4.41.